The smallest absolute Gasteiger partial charge is 0.0410 e. The molecule has 1 aromatic rings. The maximum Gasteiger partial charge on any atom is 0.0410 e. The van der Waals surface area contributed by atoms with Crippen LogP contribution in [0.15, 0.2) is 22.9 Å². The number of rotatable bonds is 5. The SMILES string of the molecule is CC(N)CCSCc1cncc(Br)c1. The average molecular weight is 275 g/mol. The largest absolute Gasteiger partial charge is 0.328 e. The number of thioether (sulfide) groups is 1. The Morgan fingerprint density at radius 3 is 3.00 bits per heavy atom. The molecule has 0 aliphatic carbocycles. The van der Waals surface area contributed by atoms with E-state index in [1.54, 1.807) is 6.20 Å². The number of halogens is 1. The van der Waals surface area contributed by atoms with Crippen molar-refractivity contribution in [2.24, 2.45) is 5.73 Å². The van der Waals surface area contributed by atoms with E-state index >= 15 is 0 Å². The van der Waals surface area contributed by atoms with Crippen LogP contribution in [0, 0.1) is 0 Å². The molecule has 4 heteroatoms. The van der Waals surface area contributed by atoms with E-state index in [9.17, 15) is 0 Å². The van der Waals surface area contributed by atoms with Crippen LogP contribution in [0.25, 0.3) is 0 Å². The van der Waals surface area contributed by atoms with Gasteiger partial charge < -0.3 is 5.73 Å². The third-order valence-corrected chi connectivity index (χ3v) is 3.24. The van der Waals surface area contributed by atoms with Crippen LogP contribution >= 0.6 is 27.7 Å². The van der Waals surface area contributed by atoms with Crippen LogP contribution in [0.3, 0.4) is 0 Å². The number of nitrogens with zero attached hydrogens (tertiary/aromatic N) is 1. The van der Waals surface area contributed by atoms with Crippen molar-refractivity contribution in [2.75, 3.05) is 5.75 Å². The molecule has 0 spiro atoms. The molecule has 14 heavy (non-hydrogen) atoms. The van der Waals surface area contributed by atoms with Crippen molar-refractivity contribution in [3.8, 4) is 0 Å². The van der Waals surface area contributed by atoms with Crippen LogP contribution in [0.1, 0.15) is 18.9 Å². The van der Waals surface area contributed by atoms with Gasteiger partial charge in [-0.3, -0.25) is 4.98 Å². The molecule has 2 N–H and O–H groups in total. The average Bonchev–Trinajstić information content (AvgIpc) is 2.12. The fourth-order valence-corrected chi connectivity index (χ4v) is 2.48. The second-order valence-corrected chi connectivity index (χ2v) is 5.35. The fourth-order valence-electron chi connectivity index (χ4n) is 0.994. The van der Waals surface area contributed by atoms with Gasteiger partial charge in [-0.1, -0.05) is 0 Å². The van der Waals surface area contributed by atoms with Gasteiger partial charge in [-0.05, 0) is 46.7 Å². The zero-order valence-electron chi connectivity index (χ0n) is 8.24. The highest BCUT2D eigenvalue weighted by Crippen LogP contribution is 2.16. The number of hydrogen-bond acceptors (Lipinski definition) is 3. The molecule has 0 aliphatic heterocycles. The summed E-state index contributed by atoms with van der Waals surface area (Å²) in [6.07, 6.45) is 4.78. The van der Waals surface area contributed by atoms with Gasteiger partial charge in [-0.15, -0.1) is 0 Å². The number of aromatic nitrogens is 1. The maximum atomic E-state index is 5.66. The van der Waals surface area contributed by atoms with Crippen LogP contribution in [-0.4, -0.2) is 16.8 Å². The molecule has 0 aromatic carbocycles. The molecule has 2 nitrogen and oxygen atoms in total. The van der Waals surface area contributed by atoms with E-state index in [0.717, 1.165) is 22.4 Å². The van der Waals surface area contributed by atoms with Gasteiger partial charge in [-0.2, -0.15) is 11.8 Å². The molecule has 0 amide bonds. The van der Waals surface area contributed by atoms with Crippen molar-refractivity contribution in [3.63, 3.8) is 0 Å². The van der Waals surface area contributed by atoms with E-state index in [-0.39, 0.29) is 0 Å². The molecule has 1 aromatic heterocycles. The van der Waals surface area contributed by atoms with Crippen molar-refractivity contribution in [1.29, 1.82) is 0 Å². The van der Waals surface area contributed by atoms with Crippen molar-refractivity contribution < 1.29 is 0 Å². The zero-order chi connectivity index (χ0) is 10.4. The van der Waals surface area contributed by atoms with Crippen molar-refractivity contribution in [2.45, 2.75) is 25.1 Å². The fraction of sp³-hybridized carbons (Fsp3) is 0.500. The first kappa shape index (κ1) is 12.0. The topological polar surface area (TPSA) is 38.9 Å². The summed E-state index contributed by atoms with van der Waals surface area (Å²) >= 11 is 5.31. The molecule has 78 valence electrons. The van der Waals surface area contributed by atoms with E-state index in [1.807, 2.05) is 24.9 Å². The number of hydrogen-bond donors (Lipinski definition) is 1. The quantitative estimate of drug-likeness (QED) is 0.840. The molecular formula is C10H15BrN2S. The Hall–Kier alpha value is -0.0600. The molecule has 0 fully saturated rings. The van der Waals surface area contributed by atoms with Gasteiger partial charge in [0.1, 0.15) is 0 Å². The van der Waals surface area contributed by atoms with Gasteiger partial charge in [-0.25, -0.2) is 0 Å². The first-order valence-electron chi connectivity index (χ1n) is 4.61. The monoisotopic (exact) mass is 274 g/mol. The van der Waals surface area contributed by atoms with Crippen LogP contribution in [-0.2, 0) is 5.75 Å². The summed E-state index contributed by atoms with van der Waals surface area (Å²) in [5.41, 5.74) is 6.92. The zero-order valence-corrected chi connectivity index (χ0v) is 10.6. The van der Waals surface area contributed by atoms with Gasteiger partial charge in [0.25, 0.3) is 0 Å². The van der Waals surface area contributed by atoms with Crippen LogP contribution in [0.5, 0.6) is 0 Å². The predicted molar refractivity (Wildman–Crippen MR) is 66.4 cm³/mol. The standard InChI is InChI=1S/C10H15BrN2S/c1-8(12)2-3-14-7-9-4-10(11)6-13-5-9/h4-6,8H,2-3,7,12H2,1H3. The van der Waals surface area contributed by atoms with Crippen molar-refractivity contribution in [1.82, 2.24) is 4.98 Å². The highest BCUT2D eigenvalue weighted by atomic mass is 79.9. The lowest BCUT2D eigenvalue weighted by atomic mass is 10.3. The summed E-state index contributed by atoms with van der Waals surface area (Å²) in [5, 5.41) is 0. The number of nitrogens with two attached hydrogens (primary N) is 1. The molecule has 0 radical (unpaired) electrons. The highest BCUT2D eigenvalue weighted by molar-refractivity contribution is 9.10. The second kappa shape index (κ2) is 6.43. The molecule has 1 unspecified atom stereocenters. The van der Waals surface area contributed by atoms with E-state index in [0.29, 0.717) is 6.04 Å². The summed E-state index contributed by atoms with van der Waals surface area (Å²) in [7, 11) is 0. The third kappa shape index (κ3) is 4.98. The van der Waals surface area contributed by atoms with Gasteiger partial charge in [0.15, 0.2) is 0 Å². The summed E-state index contributed by atoms with van der Waals surface area (Å²) < 4.78 is 1.04. The first-order chi connectivity index (χ1) is 6.68. The molecule has 1 atom stereocenters. The maximum absolute atomic E-state index is 5.66. The Morgan fingerprint density at radius 1 is 1.57 bits per heavy atom. The summed E-state index contributed by atoms with van der Waals surface area (Å²) in [5.74, 6) is 2.13. The lowest BCUT2D eigenvalue weighted by molar-refractivity contribution is 0.721. The Balaban J connectivity index is 2.25. The molecular weight excluding hydrogens is 260 g/mol. The minimum absolute atomic E-state index is 0.308. The van der Waals surface area contributed by atoms with Gasteiger partial charge in [0.05, 0.1) is 0 Å². The van der Waals surface area contributed by atoms with E-state index in [1.165, 1.54) is 5.56 Å². The lowest BCUT2D eigenvalue weighted by Crippen LogP contribution is -2.15. The lowest BCUT2D eigenvalue weighted by Gasteiger charge is -2.04. The predicted octanol–water partition coefficient (Wildman–Crippen LogP) is 2.81. The van der Waals surface area contributed by atoms with Crippen LogP contribution in [0.2, 0.25) is 0 Å². The van der Waals surface area contributed by atoms with Gasteiger partial charge in [0, 0.05) is 28.7 Å². The first-order valence-corrected chi connectivity index (χ1v) is 6.56. The summed E-state index contributed by atoms with van der Waals surface area (Å²) in [6, 6.07) is 2.41. The van der Waals surface area contributed by atoms with E-state index < -0.39 is 0 Å². The Morgan fingerprint density at radius 2 is 2.36 bits per heavy atom. The minimum atomic E-state index is 0.308. The Bertz CT molecular complexity index is 279. The molecule has 1 heterocycles. The van der Waals surface area contributed by atoms with Crippen molar-refractivity contribution >= 4 is 27.7 Å². The Labute approximate surface area is 97.8 Å². The summed E-state index contributed by atoms with van der Waals surface area (Å²) in [4.78, 5) is 4.11. The molecule has 1 rings (SSSR count). The molecule has 0 bridgehead atoms. The van der Waals surface area contributed by atoms with Gasteiger partial charge >= 0.3 is 0 Å². The van der Waals surface area contributed by atoms with Crippen molar-refractivity contribution in [3.05, 3.63) is 28.5 Å². The van der Waals surface area contributed by atoms with E-state index in [2.05, 4.69) is 27.0 Å². The van der Waals surface area contributed by atoms with E-state index in [4.69, 9.17) is 5.73 Å². The molecule has 0 saturated heterocycles. The molecule has 0 saturated carbocycles. The van der Waals surface area contributed by atoms with Crippen LogP contribution in [0.4, 0.5) is 0 Å². The Kier molecular flexibility index (Phi) is 5.52. The normalized spacial score (nSPS) is 12.8. The summed E-state index contributed by atoms with van der Waals surface area (Å²) in [6.45, 7) is 2.04. The third-order valence-electron chi connectivity index (χ3n) is 1.75. The minimum Gasteiger partial charge on any atom is -0.328 e. The van der Waals surface area contributed by atoms with Gasteiger partial charge in [0.2, 0.25) is 0 Å². The van der Waals surface area contributed by atoms with Crippen LogP contribution < -0.4 is 5.73 Å². The highest BCUT2D eigenvalue weighted by Gasteiger charge is 1.97. The second-order valence-electron chi connectivity index (χ2n) is 3.33. The molecule has 0 aliphatic rings. The number of pyridine rings is 1.